The number of fused-ring (bicyclic) bond motifs is 2. The lowest BCUT2D eigenvalue weighted by molar-refractivity contribution is -0.384. The second kappa shape index (κ2) is 7.92. The van der Waals surface area contributed by atoms with Gasteiger partial charge in [0.15, 0.2) is 0 Å². The van der Waals surface area contributed by atoms with Crippen LogP contribution in [-0.2, 0) is 0 Å². The number of phenolic OH excluding ortho intramolecular Hbond substituents is 1. The van der Waals surface area contributed by atoms with E-state index >= 15 is 0 Å². The Morgan fingerprint density at radius 2 is 1.06 bits per heavy atom. The average molecular weight is 472 g/mol. The van der Waals surface area contributed by atoms with Crippen LogP contribution >= 0.6 is 0 Å². The van der Waals surface area contributed by atoms with E-state index < -0.39 is 26.5 Å². The number of rotatable bonds is 4. The highest BCUT2D eigenvalue weighted by Gasteiger charge is 2.25. The summed E-state index contributed by atoms with van der Waals surface area (Å²) in [6.07, 6.45) is 2.05. The molecule has 172 valence electrons. The Bertz CT molecular complexity index is 1690. The zero-order valence-corrected chi connectivity index (χ0v) is 17.5. The maximum absolute atomic E-state index is 13.3. The standard InChI is InChI=1S/C24H12N2O9/c27-22-14(12-5-1-3-7-16(12)25(30)31)10-34-18-9-19-21(24(29)20(18)22)23(28)15(11-35-19)13-6-2-4-8-17(13)26(32)33/h1-11,29H. The average Bonchev–Trinajstić information content (AvgIpc) is 2.84. The molecule has 5 rings (SSSR count). The highest BCUT2D eigenvalue weighted by molar-refractivity contribution is 6.02. The highest BCUT2D eigenvalue weighted by Crippen LogP contribution is 2.36. The van der Waals surface area contributed by atoms with E-state index in [4.69, 9.17) is 8.83 Å². The maximum Gasteiger partial charge on any atom is 0.277 e. The minimum absolute atomic E-state index is 0.0339. The van der Waals surface area contributed by atoms with Crippen LogP contribution in [0.15, 0.2) is 85.5 Å². The Kier molecular flexibility index (Phi) is 4.87. The molecule has 0 amide bonds. The minimum Gasteiger partial charge on any atom is -0.506 e. The lowest BCUT2D eigenvalue weighted by atomic mass is 10.0. The zero-order valence-electron chi connectivity index (χ0n) is 17.5. The van der Waals surface area contributed by atoms with Crippen molar-refractivity contribution in [3.63, 3.8) is 0 Å². The van der Waals surface area contributed by atoms with Gasteiger partial charge in [-0.3, -0.25) is 29.8 Å². The Balaban J connectivity index is 1.84. The Labute approximate surface area is 193 Å². The molecule has 3 aromatic carbocycles. The van der Waals surface area contributed by atoms with Crippen molar-refractivity contribution in [1.82, 2.24) is 0 Å². The first kappa shape index (κ1) is 21.5. The molecule has 0 saturated carbocycles. The van der Waals surface area contributed by atoms with Crippen molar-refractivity contribution in [2.24, 2.45) is 0 Å². The second-order valence-corrected chi connectivity index (χ2v) is 7.48. The van der Waals surface area contributed by atoms with Crippen LogP contribution in [0.3, 0.4) is 0 Å². The van der Waals surface area contributed by atoms with E-state index in [1.165, 1.54) is 54.6 Å². The van der Waals surface area contributed by atoms with E-state index in [1.54, 1.807) is 0 Å². The number of nitro groups is 2. The smallest absolute Gasteiger partial charge is 0.277 e. The molecule has 0 unspecified atom stereocenters. The number of para-hydroxylation sites is 2. The normalized spacial score (nSPS) is 11.1. The van der Waals surface area contributed by atoms with Gasteiger partial charge in [0.25, 0.3) is 11.4 Å². The molecule has 0 atom stereocenters. The van der Waals surface area contributed by atoms with Crippen LogP contribution in [0.2, 0.25) is 0 Å². The van der Waals surface area contributed by atoms with Crippen molar-refractivity contribution < 1.29 is 23.8 Å². The second-order valence-electron chi connectivity index (χ2n) is 7.48. The van der Waals surface area contributed by atoms with E-state index in [9.17, 15) is 34.9 Å². The van der Waals surface area contributed by atoms with E-state index in [2.05, 4.69) is 0 Å². The molecule has 0 fully saturated rings. The van der Waals surface area contributed by atoms with Gasteiger partial charge in [0.05, 0.1) is 32.1 Å². The number of benzene rings is 3. The fourth-order valence-corrected chi connectivity index (χ4v) is 3.96. The number of nitro benzene ring substituents is 2. The molecular formula is C24H12N2O9. The van der Waals surface area contributed by atoms with Crippen LogP contribution in [0.1, 0.15) is 0 Å². The van der Waals surface area contributed by atoms with Gasteiger partial charge in [-0.05, 0) is 12.1 Å². The number of aromatic hydroxyl groups is 1. The van der Waals surface area contributed by atoms with Gasteiger partial charge in [-0.1, -0.05) is 24.3 Å². The number of hydrogen-bond acceptors (Lipinski definition) is 9. The molecule has 0 bridgehead atoms. The summed E-state index contributed by atoms with van der Waals surface area (Å²) < 4.78 is 10.9. The number of phenols is 1. The predicted molar refractivity (Wildman–Crippen MR) is 124 cm³/mol. The van der Waals surface area contributed by atoms with E-state index in [0.29, 0.717) is 0 Å². The Morgan fingerprint density at radius 1 is 0.657 bits per heavy atom. The summed E-state index contributed by atoms with van der Waals surface area (Å²) >= 11 is 0. The molecule has 5 aromatic rings. The summed E-state index contributed by atoms with van der Waals surface area (Å²) in [5.41, 5.74) is -3.02. The molecule has 1 N–H and O–H groups in total. The van der Waals surface area contributed by atoms with Crippen LogP contribution in [0, 0.1) is 20.2 Å². The van der Waals surface area contributed by atoms with Crippen LogP contribution in [0.25, 0.3) is 44.2 Å². The molecule has 2 aromatic heterocycles. The third-order valence-corrected chi connectivity index (χ3v) is 5.56. The van der Waals surface area contributed by atoms with Gasteiger partial charge >= 0.3 is 0 Å². The Morgan fingerprint density at radius 3 is 1.46 bits per heavy atom. The third kappa shape index (κ3) is 3.30. The molecule has 2 heterocycles. The van der Waals surface area contributed by atoms with E-state index in [1.807, 2.05) is 0 Å². The van der Waals surface area contributed by atoms with Crippen LogP contribution in [0.5, 0.6) is 5.75 Å². The molecule has 11 heteroatoms. The zero-order chi connectivity index (χ0) is 24.9. The summed E-state index contributed by atoms with van der Waals surface area (Å²) in [7, 11) is 0. The molecule has 0 radical (unpaired) electrons. The van der Waals surface area contributed by atoms with Gasteiger partial charge in [0.2, 0.25) is 10.9 Å². The van der Waals surface area contributed by atoms with Crippen molar-refractivity contribution in [3.05, 3.63) is 108 Å². The topological polar surface area (TPSA) is 167 Å². The van der Waals surface area contributed by atoms with Crippen LogP contribution in [0.4, 0.5) is 11.4 Å². The molecular weight excluding hydrogens is 460 g/mol. The van der Waals surface area contributed by atoms with Crippen molar-refractivity contribution in [1.29, 1.82) is 0 Å². The fraction of sp³-hybridized carbons (Fsp3) is 0. The number of hydrogen-bond donors (Lipinski definition) is 1. The fourth-order valence-electron chi connectivity index (χ4n) is 3.96. The molecule has 35 heavy (non-hydrogen) atoms. The van der Waals surface area contributed by atoms with Gasteiger partial charge in [0, 0.05) is 18.2 Å². The van der Waals surface area contributed by atoms with Crippen LogP contribution < -0.4 is 10.9 Å². The number of nitrogens with zero attached hydrogens (tertiary/aromatic N) is 2. The first-order valence-electron chi connectivity index (χ1n) is 10.00. The van der Waals surface area contributed by atoms with Crippen LogP contribution in [-0.4, -0.2) is 15.0 Å². The summed E-state index contributed by atoms with van der Waals surface area (Å²) in [6, 6.07) is 12.2. The van der Waals surface area contributed by atoms with Gasteiger partial charge < -0.3 is 13.9 Å². The first-order chi connectivity index (χ1) is 16.8. The van der Waals surface area contributed by atoms with Crippen molar-refractivity contribution in [3.8, 4) is 28.0 Å². The summed E-state index contributed by atoms with van der Waals surface area (Å²) in [5, 5.41) is 33.1. The maximum atomic E-state index is 13.3. The lowest BCUT2D eigenvalue weighted by Gasteiger charge is -2.08. The lowest BCUT2D eigenvalue weighted by Crippen LogP contribution is -2.10. The van der Waals surface area contributed by atoms with E-state index in [0.717, 1.165) is 12.5 Å². The van der Waals surface area contributed by atoms with Gasteiger partial charge in [0.1, 0.15) is 40.2 Å². The first-order valence-corrected chi connectivity index (χ1v) is 10.00. The third-order valence-electron chi connectivity index (χ3n) is 5.56. The van der Waals surface area contributed by atoms with Gasteiger partial charge in [-0.25, -0.2) is 0 Å². The summed E-state index contributed by atoms with van der Waals surface area (Å²) in [5.74, 6) is -0.763. The predicted octanol–water partition coefficient (Wildman–Crippen LogP) is 4.76. The highest BCUT2D eigenvalue weighted by atomic mass is 16.6. The molecule has 0 aliphatic carbocycles. The minimum atomic E-state index is -0.810. The largest absolute Gasteiger partial charge is 0.506 e. The van der Waals surface area contributed by atoms with Gasteiger partial charge in [-0.15, -0.1) is 0 Å². The Hall–Kier alpha value is -5.32. The van der Waals surface area contributed by atoms with Crippen molar-refractivity contribution >= 4 is 33.3 Å². The van der Waals surface area contributed by atoms with E-state index in [-0.39, 0.29) is 55.6 Å². The monoisotopic (exact) mass is 472 g/mol. The molecule has 11 nitrogen and oxygen atoms in total. The molecule has 0 aliphatic heterocycles. The quantitative estimate of drug-likeness (QED) is 0.220. The molecule has 0 aliphatic rings. The molecule has 0 spiro atoms. The van der Waals surface area contributed by atoms with Crippen molar-refractivity contribution in [2.75, 3.05) is 0 Å². The molecule has 0 saturated heterocycles. The van der Waals surface area contributed by atoms with Gasteiger partial charge in [-0.2, -0.15) is 0 Å². The summed E-state index contributed by atoms with van der Waals surface area (Å²) in [4.78, 5) is 48.2. The summed E-state index contributed by atoms with van der Waals surface area (Å²) in [6.45, 7) is 0. The SMILES string of the molecule is O=c1c(-c2ccccc2[N+](=O)[O-])coc2cc3occ(-c4ccccc4[N+](=O)[O-])c(=O)c3c(O)c12. The van der Waals surface area contributed by atoms with Crippen molar-refractivity contribution in [2.45, 2.75) is 0 Å².